The molecule has 1 saturated heterocycles. The second-order valence-corrected chi connectivity index (χ2v) is 7.85. The molecule has 3 nitrogen and oxygen atoms in total. The van der Waals surface area contributed by atoms with Crippen molar-refractivity contribution < 1.29 is 0 Å². The Balaban J connectivity index is 1.55. The summed E-state index contributed by atoms with van der Waals surface area (Å²) < 4.78 is 0. The van der Waals surface area contributed by atoms with E-state index in [1.165, 1.54) is 47.6 Å². The summed E-state index contributed by atoms with van der Waals surface area (Å²) in [6, 6.07) is 6.71. The lowest BCUT2D eigenvalue weighted by atomic mass is 10.2. The van der Waals surface area contributed by atoms with Crippen LogP contribution in [0.15, 0.2) is 23.6 Å². The lowest BCUT2D eigenvalue weighted by molar-refractivity contribution is 0.316. The third-order valence-corrected chi connectivity index (χ3v) is 5.29. The molecule has 0 aliphatic carbocycles. The van der Waals surface area contributed by atoms with Crippen molar-refractivity contribution in [3.8, 4) is 0 Å². The number of likely N-dealkylation sites (tertiary alicyclic amines) is 1. The minimum absolute atomic E-state index is 0.905. The Morgan fingerprint density at radius 3 is 2.65 bits per heavy atom. The van der Waals surface area contributed by atoms with E-state index in [1.807, 2.05) is 11.3 Å². The molecule has 0 aromatic carbocycles. The molecule has 3 heterocycles. The van der Waals surface area contributed by atoms with Crippen molar-refractivity contribution in [2.24, 2.45) is 0 Å². The molecule has 2 aromatic rings. The maximum absolute atomic E-state index is 4.64. The van der Waals surface area contributed by atoms with E-state index in [-0.39, 0.29) is 0 Å². The van der Waals surface area contributed by atoms with E-state index >= 15 is 0 Å². The lowest BCUT2D eigenvalue weighted by Crippen LogP contribution is -2.18. The minimum atomic E-state index is 0.905. The molecule has 0 spiro atoms. The van der Waals surface area contributed by atoms with Crippen molar-refractivity contribution in [1.82, 2.24) is 14.8 Å². The van der Waals surface area contributed by atoms with Gasteiger partial charge in [-0.05, 0) is 81.5 Å². The van der Waals surface area contributed by atoms with Crippen LogP contribution in [0.2, 0.25) is 0 Å². The normalized spacial score (nSPS) is 15.7. The number of nitrogens with zero attached hydrogens (tertiary/aromatic N) is 3. The van der Waals surface area contributed by atoms with E-state index in [2.05, 4.69) is 59.3 Å². The summed E-state index contributed by atoms with van der Waals surface area (Å²) in [6.45, 7) is 9.77. The van der Waals surface area contributed by atoms with E-state index in [0.29, 0.717) is 0 Å². The van der Waals surface area contributed by atoms with Gasteiger partial charge in [0.2, 0.25) is 0 Å². The van der Waals surface area contributed by atoms with Gasteiger partial charge >= 0.3 is 0 Å². The Morgan fingerprint density at radius 1 is 1.13 bits per heavy atom. The van der Waals surface area contributed by atoms with Gasteiger partial charge in [-0.1, -0.05) is 0 Å². The lowest BCUT2D eigenvalue weighted by Gasteiger charge is -2.16. The van der Waals surface area contributed by atoms with Crippen LogP contribution in [-0.2, 0) is 19.6 Å². The average molecular weight is 330 g/mol. The number of aromatic nitrogens is 1. The molecule has 23 heavy (non-hydrogen) atoms. The fraction of sp³-hybridized carbons (Fsp3) is 0.526. The maximum Gasteiger partial charge on any atom is 0.0549 e. The molecule has 0 unspecified atom stereocenters. The van der Waals surface area contributed by atoms with Gasteiger partial charge in [-0.25, -0.2) is 0 Å². The zero-order valence-corrected chi connectivity index (χ0v) is 15.3. The first-order valence-electron chi connectivity index (χ1n) is 8.50. The molecule has 124 valence electrons. The number of pyridine rings is 1. The number of hydrogen-bond acceptors (Lipinski definition) is 4. The molecule has 0 radical (unpaired) electrons. The first kappa shape index (κ1) is 16.6. The van der Waals surface area contributed by atoms with Crippen molar-refractivity contribution in [3.05, 3.63) is 51.0 Å². The first-order chi connectivity index (χ1) is 11.1. The molecule has 0 N–H and O–H groups in total. The van der Waals surface area contributed by atoms with Crippen molar-refractivity contribution in [2.75, 3.05) is 20.1 Å². The molecule has 0 atom stereocenters. The van der Waals surface area contributed by atoms with E-state index in [9.17, 15) is 0 Å². The Kier molecular flexibility index (Phi) is 5.46. The highest BCUT2D eigenvalue weighted by Gasteiger charge is 2.13. The number of thiophene rings is 1. The van der Waals surface area contributed by atoms with Gasteiger partial charge in [0.15, 0.2) is 0 Å². The Labute approximate surface area is 144 Å². The van der Waals surface area contributed by atoms with Gasteiger partial charge in [0.25, 0.3) is 0 Å². The molecule has 4 heteroatoms. The zero-order valence-electron chi connectivity index (χ0n) is 14.5. The number of aryl methyl sites for hydroxylation is 2. The molecule has 2 aromatic heterocycles. The molecule has 3 rings (SSSR count). The largest absolute Gasteiger partial charge is 0.299 e. The van der Waals surface area contributed by atoms with Crippen molar-refractivity contribution in [3.63, 3.8) is 0 Å². The number of rotatable bonds is 6. The minimum Gasteiger partial charge on any atom is -0.299 e. The highest BCUT2D eigenvalue weighted by molar-refractivity contribution is 7.10. The fourth-order valence-corrected chi connectivity index (χ4v) is 4.36. The molecule has 1 aliphatic rings. The third kappa shape index (κ3) is 4.87. The molecule has 0 bridgehead atoms. The first-order valence-corrected chi connectivity index (χ1v) is 9.38. The predicted molar refractivity (Wildman–Crippen MR) is 97.7 cm³/mol. The maximum atomic E-state index is 4.64. The van der Waals surface area contributed by atoms with Gasteiger partial charge in [0, 0.05) is 30.2 Å². The van der Waals surface area contributed by atoms with Crippen molar-refractivity contribution in [1.29, 1.82) is 0 Å². The Morgan fingerprint density at radius 2 is 1.91 bits per heavy atom. The summed E-state index contributed by atoms with van der Waals surface area (Å²) in [6.07, 6.45) is 2.73. The topological polar surface area (TPSA) is 19.4 Å². The summed E-state index contributed by atoms with van der Waals surface area (Å²) in [5.41, 5.74) is 5.05. The molecule has 1 aliphatic heterocycles. The second-order valence-electron chi connectivity index (χ2n) is 6.85. The second kappa shape index (κ2) is 7.56. The van der Waals surface area contributed by atoms with Gasteiger partial charge in [-0.3, -0.25) is 14.8 Å². The molecular weight excluding hydrogens is 302 g/mol. The molecule has 0 saturated carbocycles. The van der Waals surface area contributed by atoms with E-state index in [1.54, 1.807) is 0 Å². The van der Waals surface area contributed by atoms with E-state index < -0.39 is 0 Å². The van der Waals surface area contributed by atoms with Crippen LogP contribution in [-0.4, -0.2) is 34.9 Å². The third-order valence-electron chi connectivity index (χ3n) is 4.32. The number of hydrogen-bond donors (Lipinski definition) is 0. The van der Waals surface area contributed by atoms with Gasteiger partial charge in [-0.15, -0.1) is 11.3 Å². The van der Waals surface area contributed by atoms with Gasteiger partial charge in [0.1, 0.15) is 0 Å². The van der Waals surface area contributed by atoms with Gasteiger partial charge in [0.05, 0.1) is 5.69 Å². The van der Waals surface area contributed by atoms with Gasteiger partial charge in [-0.2, -0.15) is 0 Å². The van der Waals surface area contributed by atoms with Crippen molar-refractivity contribution >= 4 is 11.3 Å². The van der Waals surface area contributed by atoms with Crippen molar-refractivity contribution in [2.45, 2.75) is 46.3 Å². The van der Waals surface area contributed by atoms with Crippen LogP contribution in [0.1, 0.15) is 40.2 Å². The van der Waals surface area contributed by atoms with E-state index in [4.69, 9.17) is 0 Å². The summed E-state index contributed by atoms with van der Waals surface area (Å²) in [5.74, 6) is 0. The quantitative estimate of drug-likeness (QED) is 0.799. The van der Waals surface area contributed by atoms with Gasteiger partial charge < -0.3 is 0 Å². The fourth-order valence-electron chi connectivity index (χ4n) is 3.40. The van der Waals surface area contributed by atoms with Crippen LogP contribution in [0.5, 0.6) is 0 Å². The monoisotopic (exact) mass is 329 g/mol. The van der Waals surface area contributed by atoms with Crippen LogP contribution >= 0.6 is 11.3 Å². The summed E-state index contributed by atoms with van der Waals surface area (Å²) in [5, 5.41) is 2.33. The average Bonchev–Trinajstić information content (AvgIpc) is 3.10. The van der Waals surface area contributed by atoms with Crippen LogP contribution in [0.3, 0.4) is 0 Å². The summed E-state index contributed by atoms with van der Waals surface area (Å²) in [4.78, 5) is 11.0. The summed E-state index contributed by atoms with van der Waals surface area (Å²) >= 11 is 1.89. The summed E-state index contributed by atoms with van der Waals surface area (Å²) in [7, 11) is 2.18. The predicted octanol–water partition coefficient (Wildman–Crippen LogP) is 3.99. The van der Waals surface area contributed by atoms with E-state index in [0.717, 1.165) is 25.3 Å². The highest BCUT2D eigenvalue weighted by atomic mass is 32.1. The smallest absolute Gasteiger partial charge is 0.0549 e. The Bertz CT molecular complexity index is 624. The van der Waals surface area contributed by atoms with Crippen LogP contribution in [0.25, 0.3) is 0 Å². The Hall–Kier alpha value is -1.23. The van der Waals surface area contributed by atoms with Crippen LogP contribution < -0.4 is 0 Å². The SMILES string of the molecule is Cc1cc(C)nc(CN(C)Cc2cc(CN3CCCC3)cs2)c1. The molecular formula is C19H27N3S. The standard InChI is InChI=1S/C19H27N3S/c1-15-8-16(2)20-18(9-15)12-21(3)13-19-10-17(14-23-19)11-22-6-4-5-7-22/h8-10,14H,4-7,11-13H2,1-3H3. The van der Waals surface area contributed by atoms with Crippen LogP contribution in [0.4, 0.5) is 0 Å². The molecule has 0 amide bonds. The zero-order chi connectivity index (χ0) is 16.2. The molecule has 1 fully saturated rings. The van der Waals surface area contributed by atoms with Crippen LogP contribution in [0, 0.1) is 13.8 Å². The highest BCUT2D eigenvalue weighted by Crippen LogP contribution is 2.20.